The Balaban J connectivity index is 1.82. The van der Waals surface area contributed by atoms with Gasteiger partial charge in [-0.25, -0.2) is 17.5 Å². The molecular weight excluding hydrogens is 473 g/mol. The van der Waals surface area contributed by atoms with Crippen molar-refractivity contribution in [3.8, 4) is 5.75 Å². The van der Waals surface area contributed by atoms with Crippen molar-refractivity contribution in [3.05, 3.63) is 53.3 Å². The van der Waals surface area contributed by atoms with E-state index >= 15 is 0 Å². The van der Waals surface area contributed by atoms with Crippen molar-refractivity contribution in [1.29, 1.82) is 0 Å². The fraction of sp³-hybridized carbons (Fsp3) is 0.440. The van der Waals surface area contributed by atoms with Crippen LogP contribution in [0.5, 0.6) is 5.75 Å². The lowest BCUT2D eigenvalue weighted by Gasteiger charge is -2.36. The topological polar surface area (TPSA) is 96.0 Å². The highest BCUT2D eigenvalue weighted by Gasteiger charge is 2.28. The van der Waals surface area contributed by atoms with Crippen LogP contribution in [0.25, 0.3) is 0 Å². The molecule has 0 aliphatic carbocycles. The molecule has 1 aliphatic rings. The summed E-state index contributed by atoms with van der Waals surface area (Å²) in [7, 11) is -2.45. The summed E-state index contributed by atoms with van der Waals surface area (Å²) < 4.78 is 47.4. The zero-order valence-corrected chi connectivity index (χ0v) is 21.5. The Kier molecular flexibility index (Phi) is 7.86. The van der Waals surface area contributed by atoms with Crippen LogP contribution in [0.1, 0.15) is 48.4 Å². The average Bonchev–Trinajstić information content (AvgIpc) is 2.81. The van der Waals surface area contributed by atoms with Crippen molar-refractivity contribution in [2.75, 3.05) is 44.7 Å². The van der Waals surface area contributed by atoms with Crippen molar-refractivity contribution in [2.24, 2.45) is 5.41 Å². The third kappa shape index (κ3) is 6.37. The number of halogens is 1. The van der Waals surface area contributed by atoms with Gasteiger partial charge in [0, 0.05) is 31.7 Å². The van der Waals surface area contributed by atoms with Gasteiger partial charge in [0.05, 0.1) is 22.8 Å². The number of carbonyl (C=O) groups is 2. The molecule has 1 heterocycles. The number of ether oxygens (including phenoxy) is 1. The number of carbonyl (C=O) groups excluding carboxylic acids is 2. The highest BCUT2D eigenvalue weighted by molar-refractivity contribution is 7.89. The molecule has 1 amide bonds. The number of benzene rings is 2. The molecule has 0 bridgehead atoms. The van der Waals surface area contributed by atoms with E-state index < -0.39 is 15.8 Å². The van der Waals surface area contributed by atoms with E-state index in [0.29, 0.717) is 49.8 Å². The van der Waals surface area contributed by atoms with Crippen molar-refractivity contribution < 1.29 is 27.1 Å². The Bertz CT molecular complexity index is 1220. The molecule has 2 aromatic carbocycles. The molecule has 0 unspecified atom stereocenters. The number of piperazine rings is 1. The third-order valence-electron chi connectivity index (χ3n) is 5.68. The molecule has 0 spiro atoms. The lowest BCUT2D eigenvalue weighted by atomic mass is 9.98. The number of nitrogens with one attached hydrogen (secondary N) is 1. The smallest absolute Gasteiger partial charge is 0.257 e. The van der Waals surface area contributed by atoms with Crippen molar-refractivity contribution in [3.63, 3.8) is 0 Å². The molecule has 2 aromatic rings. The van der Waals surface area contributed by atoms with E-state index in [9.17, 15) is 22.4 Å². The molecule has 1 N–H and O–H groups in total. The number of nitrogens with zero attached hydrogens (tertiary/aromatic N) is 2. The van der Waals surface area contributed by atoms with E-state index in [4.69, 9.17) is 4.74 Å². The maximum Gasteiger partial charge on any atom is 0.257 e. The van der Waals surface area contributed by atoms with Gasteiger partial charge in [-0.05, 0) is 55.8 Å². The molecule has 1 saturated heterocycles. The molecule has 35 heavy (non-hydrogen) atoms. The first-order valence-electron chi connectivity index (χ1n) is 11.4. The Morgan fingerprint density at radius 1 is 1.06 bits per heavy atom. The number of hydrogen-bond donors (Lipinski definition) is 1. The van der Waals surface area contributed by atoms with E-state index in [-0.39, 0.29) is 27.6 Å². The zero-order valence-electron chi connectivity index (χ0n) is 20.7. The number of Topliss-reactive ketones (excluding diaryl/α,β-unsaturated/α-hetero) is 1. The van der Waals surface area contributed by atoms with E-state index in [0.717, 1.165) is 0 Å². The highest BCUT2D eigenvalue weighted by Crippen LogP contribution is 2.28. The van der Waals surface area contributed by atoms with Gasteiger partial charge in [0.15, 0.2) is 5.78 Å². The van der Waals surface area contributed by atoms with Crippen LogP contribution in [-0.2, 0) is 10.0 Å². The molecule has 8 nitrogen and oxygen atoms in total. The molecule has 1 fully saturated rings. The Labute approximate surface area is 206 Å². The van der Waals surface area contributed by atoms with Crippen molar-refractivity contribution >= 4 is 27.4 Å². The lowest BCUT2D eigenvalue weighted by molar-refractivity contribution is 0.0739. The molecule has 190 valence electrons. The normalized spacial score (nSPS) is 14.7. The van der Waals surface area contributed by atoms with Crippen LogP contribution in [-0.4, -0.2) is 64.8 Å². The molecule has 1 aliphatic heterocycles. The van der Waals surface area contributed by atoms with Crippen LogP contribution in [0.15, 0.2) is 41.3 Å². The summed E-state index contributed by atoms with van der Waals surface area (Å²) in [5, 5.41) is 0. The van der Waals surface area contributed by atoms with E-state index in [2.05, 4.69) is 4.72 Å². The largest absolute Gasteiger partial charge is 0.492 e. The first-order chi connectivity index (χ1) is 16.3. The van der Waals surface area contributed by atoms with Gasteiger partial charge >= 0.3 is 0 Å². The van der Waals surface area contributed by atoms with Crippen molar-refractivity contribution in [2.45, 2.75) is 32.6 Å². The number of ketones is 1. The third-order valence-corrected chi connectivity index (χ3v) is 7.09. The van der Waals surface area contributed by atoms with Gasteiger partial charge in [-0.1, -0.05) is 20.8 Å². The highest BCUT2D eigenvalue weighted by atomic mass is 32.2. The minimum absolute atomic E-state index is 0.0299. The van der Waals surface area contributed by atoms with Gasteiger partial charge in [-0.3, -0.25) is 9.59 Å². The Morgan fingerprint density at radius 2 is 1.71 bits per heavy atom. The summed E-state index contributed by atoms with van der Waals surface area (Å²) in [5.74, 6) is -0.736. The quantitative estimate of drug-likeness (QED) is 0.580. The van der Waals surface area contributed by atoms with Crippen LogP contribution in [0.4, 0.5) is 10.1 Å². The minimum atomic E-state index is -3.75. The molecule has 0 saturated carbocycles. The minimum Gasteiger partial charge on any atom is -0.492 e. The molecule has 3 rings (SSSR count). The van der Waals surface area contributed by atoms with Crippen LogP contribution in [0.2, 0.25) is 0 Å². The fourth-order valence-corrected chi connectivity index (χ4v) is 4.44. The first kappa shape index (κ1) is 26.6. The summed E-state index contributed by atoms with van der Waals surface area (Å²) in [4.78, 5) is 28.3. The molecular formula is C25H32FN3O5S. The van der Waals surface area contributed by atoms with E-state index in [1.807, 2.05) is 25.7 Å². The molecule has 0 aromatic heterocycles. The number of amides is 1. The average molecular weight is 506 g/mol. The second kappa shape index (κ2) is 10.3. The van der Waals surface area contributed by atoms with Crippen molar-refractivity contribution in [1.82, 2.24) is 9.62 Å². The number of hydrogen-bond acceptors (Lipinski definition) is 6. The van der Waals surface area contributed by atoms with Gasteiger partial charge < -0.3 is 14.5 Å². The number of anilines is 1. The first-order valence-corrected chi connectivity index (χ1v) is 12.9. The Hall–Kier alpha value is -2.98. The number of rotatable bonds is 7. The van der Waals surface area contributed by atoms with E-state index in [1.165, 1.54) is 38.2 Å². The SMILES string of the molecule is CNS(=O)(=O)c1ccc(OCC(C)(C)C)c(C(=O)N2CCN(c3ccc(C(C)=O)cc3F)CC2)c1. The predicted octanol–water partition coefficient (Wildman–Crippen LogP) is 3.32. The second-order valence-electron chi connectivity index (χ2n) is 9.72. The monoisotopic (exact) mass is 505 g/mol. The molecule has 0 atom stereocenters. The van der Waals surface area contributed by atoms with Gasteiger partial charge in [0.2, 0.25) is 10.0 Å². The summed E-state index contributed by atoms with van der Waals surface area (Å²) in [6.45, 7) is 9.11. The lowest BCUT2D eigenvalue weighted by Crippen LogP contribution is -2.49. The van der Waals surface area contributed by atoms with E-state index in [1.54, 1.807) is 17.0 Å². The summed E-state index contributed by atoms with van der Waals surface area (Å²) in [6.07, 6.45) is 0. The van der Waals surface area contributed by atoms with Gasteiger partial charge in [-0.15, -0.1) is 0 Å². The van der Waals surface area contributed by atoms with Crippen LogP contribution >= 0.6 is 0 Å². The zero-order chi connectivity index (χ0) is 26.0. The van der Waals surface area contributed by atoms with Gasteiger partial charge in [0.1, 0.15) is 11.6 Å². The Morgan fingerprint density at radius 3 is 2.26 bits per heavy atom. The maximum atomic E-state index is 14.6. The van der Waals surface area contributed by atoms with Gasteiger partial charge in [0.25, 0.3) is 5.91 Å². The van der Waals surface area contributed by atoms with Crippen LogP contribution in [0, 0.1) is 11.2 Å². The van der Waals surface area contributed by atoms with Gasteiger partial charge in [-0.2, -0.15) is 0 Å². The summed E-state index contributed by atoms with van der Waals surface area (Å²) in [5.41, 5.74) is 0.678. The predicted molar refractivity (Wildman–Crippen MR) is 132 cm³/mol. The summed E-state index contributed by atoms with van der Waals surface area (Å²) in [6, 6.07) is 8.64. The van der Waals surface area contributed by atoms with Crippen LogP contribution < -0.4 is 14.4 Å². The molecule has 0 radical (unpaired) electrons. The number of sulfonamides is 1. The fourth-order valence-electron chi connectivity index (χ4n) is 3.68. The molecule has 10 heteroatoms. The maximum absolute atomic E-state index is 14.6. The van der Waals surface area contributed by atoms with Crippen LogP contribution in [0.3, 0.4) is 0 Å². The summed E-state index contributed by atoms with van der Waals surface area (Å²) >= 11 is 0. The second-order valence-corrected chi connectivity index (χ2v) is 11.6. The standard InChI is InChI=1S/C25H32FN3O5S/c1-17(30)18-6-8-22(21(26)14-18)28-10-12-29(13-11-28)24(31)20-15-19(35(32,33)27-5)7-9-23(20)34-16-25(2,3)4/h6-9,14-15,27H,10-13,16H2,1-5H3.